The van der Waals surface area contributed by atoms with Crippen LogP contribution >= 0.6 is 0 Å². The molecular formula is C56H66N8O4. The molecule has 1 N–H and O–H groups in total. The molecule has 12 nitrogen and oxygen atoms in total. The van der Waals surface area contributed by atoms with Gasteiger partial charge in [-0.3, -0.25) is 19.3 Å². The van der Waals surface area contributed by atoms with E-state index >= 15 is 0 Å². The van der Waals surface area contributed by atoms with Crippen LogP contribution in [0.5, 0.6) is 5.88 Å². The number of aryl methyl sites for hydroxylation is 1. The third-order valence-corrected chi connectivity index (χ3v) is 12.9. The highest BCUT2D eigenvalue weighted by Gasteiger charge is 2.40. The fourth-order valence-electron chi connectivity index (χ4n) is 9.22. The van der Waals surface area contributed by atoms with Crippen molar-refractivity contribution in [1.82, 2.24) is 34.2 Å². The van der Waals surface area contributed by atoms with Crippen LogP contribution in [0.3, 0.4) is 0 Å². The Morgan fingerprint density at radius 3 is 1.68 bits per heavy atom. The molecule has 2 aliphatic rings. The quantitative estimate of drug-likeness (QED) is 0.0526. The Kier molecular flexibility index (Phi) is 17.2. The highest BCUT2D eigenvalue weighted by Crippen LogP contribution is 2.36. The molecule has 0 radical (unpaired) electrons. The molecule has 354 valence electrons. The molecule has 0 amide bonds. The monoisotopic (exact) mass is 915 g/mol. The van der Waals surface area contributed by atoms with Crippen molar-refractivity contribution in [2.24, 2.45) is 0 Å². The molecule has 3 unspecified atom stereocenters. The number of hydrogen-bond acceptors (Lipinski definition) is 11. The van der Waals surface area contributed by atoms with Gasteiger partial charge in [-0.05, 0) is 60.0 Å². The number of imidazole rings is 1. The average Bonchev–Trinajstić information content (AvgIpc) is 4.03. The number of anilines is 1. The number of hydrogen-bond donors (Lipinski definition) is 1. The minimum Gasteiger partial charge on any atom is -0.471 e. The van der Waals surface area contributed by atoms with Crippen LogP contribution in [-0.4, -0.2) is 106 Å². The van der Waals surface area contributed by atoms with Crippen LogP contribution in [0.25, 0.3) is 11.2 Å². The summed E-state index contributed by atoms with van der Waals surface area (Å²) >= 11 is 0. The van der Waals surface area contributed by atoms with Crippen LogP contribution in [0.15, 0.2) is 158 Å². The summed E-state index contributed by atoms with van der Waals surface area (Å²) in [5.74, 6) is 0.940. The predicted octanol–water partition coefficient (Wildman–Crippen LogP) is 9.40. The third-order valence-electron chi connectivity index (χ3n) is 12.9. The number of nitrogens with one attached hydrogen (secondary N) is 1. The van der Waals surface area contributed by atoms with E-state index in [2.05, 4.69) is 141 Å². The van der Waals surface area contributed by atoms with Gasteiger partial charge in [0, 0.05) is 65.3 Å². The molecule has 2 saturated heterocycles. The molecule has 0 spiro atoms. The molecular weight excluding hydrogens is 849 g/mol. The summed E-state index contributed by atoms with van der Waals surface area (Å²) < 4.78 is 26.1. The molecule has 4 heterocycles. The Balaban J connectivity index is 0.863. The van der Waals surface area contributed by atoms with Crippen LogP contribution in [0.4, 0.5) is 5.95 Å². The molecule has 2 aliphatic heterocycles. The Morgan fingerprint density at radius 2 is 1.10 bits per heavy atom. The predicted molar refractivity (Wildman–Crippen MR) is 268 cm³/mol. The third kappa shape index (κ3) is 13.8. The van der Waals surface area contributed by atoms with Gasteiger partial charge in [0.05, 0.1) is 19.0 Å². The van der Waals surface area contributed by atoms with Crippen molar-refractivity contribution in [3.63, 3.8) is 0 Å². The lowest BCUT2D eigenvalue weighted by atomic mass is 10.1. The van der Waals surface area contributed by atoms with E-state index in [1.165, 1.54) is 35.1 Å². The summed E-state index contributed by atoms with van der Waals surface area (Å²) in [6.45, 7) is 10.5. The van der Waals surface area contributed by atoms with Gasteiger partial charge in [-0.1, -0.05) is 152 Å². The van der Waals surface area contributed by atoms with Gasteiger partial charge in [0.1, 0.15) is 25.7 Å². The number of rotatable bonds is 26. The number of aromatic nitrogens is 4. The van der Waals surface area contributed by atoms with Gasteiger partial charge < -0.3 is 24.3 Å². The standard InChI is InChI=1S/C56H66N8O4/c1-6-19-45(20-7-1)21-16-17-31-61(38-46-22-8-2-9-23-46)33-35-63(40-48-26-12-4-13-27-48)36-34-62(39-47-24-10-3-11-25-47)32-18-30-57-56-59-54-53(55(60-56)66-41-49-28-14-5-15-29-49)58-43-64(54)52-37-50-51(68-52)42-65-44-67-50/h1-15,19-20,22-29,43,50-52H,16-18,21,30-42,44H2,(H,57,59,60). The van der Waals surface area contributed by atoms with Crippen molar-refractivity contribution >= 4 is 17.1 Å². The second-order valence-corrected chi connectivity index (χ2v) is 18.0. The summed E-state index contributed by atoms with van der Waals surface area (Å²) in [5, 5.41) is 3.56. The van der Waals surface area contributed by atoms with E-state index in [0.717, 1.165) is 77.3 Å². The van der Waals surface area contributed by atoms with Crippen molar-refractivity contribution in [2.45, 2.75) is 76.8 Å². The summed E-state index contributed by atoms with van der Waals surface area (Å²) in [6, 6.07) is 53.7. The summed E-state index contributed by atoms with van der Waals surface area (Å²) in [7, 11) is 0. The van der Waals surface area contributed by atoms with E-state index in [1.807, 2.05) is 34.9 Å². The fraction of sp³-hybridized carbons (Fsp3) is 0.375. The van der Waals surface area contributed by atoms with Crippen molar-refractivity contribution < 1.29 is 18.9 Å². The number of fused-ring (bicyclic) bond motifs is 2. The lowest BCUT2D eigenvalue weighted by Gasteiger charge is -2.30. The second kappa shape index (κ2) is 24.9. The highest BCUT2D eigenvalue weighted by atomic mass is 16.7. The first kappa shape index (κ1) is 47.1. The summed E-state index contributed by atoms with van der Waals surface area (Å²) in [5.41, 5.74) is 7.75. The lowest BCUT2D eigenvalue weighted by Crippen LogP contribution is -2.40. The molecule has 2 fully saturated rings. The van der Waals surface area contributed by atoms with E-state index in [0.29, 0.717) is 49.2 Å². The maximum atomic E-state index is 6.40. The SMILES string of the molecule is c1ccc(CCCCN(CCN(CCN(CCCNc2nc(OCc3ccccc3)c3ncn(C4CC5OCOCC5O4)c3n2)Cc2ccccc2)Cc2ccccc2)Cc2ccccc2)cc1. The molecule has 68 heavy (non-hydrogen) atoms. The summed E-state index contributed by atoms with van der Waals surface area (Å²) in [6.07, 6.45) is 6.39. The van der Waals surface area contributed by atoms with E-state index in [-0.39, 0.29) is 25.2 Å². The molecule has 0 aliphatic carbocycles. The Morgan fingerprint density at radius 1 is 0.574 bits per heavy atom. The van der Waals surface area contributed by atoms with Crippen LogP contribution < -0.4 is 10.1 Å². The number of unbranched alkanes of at least 4 members (excludes halogenated alkanes) is 1. The summed E-state index contributed by atoms with van der Waals surface area (Å²) in [4.78, 5) is 22.5. The molecule has 5 aromatic carbocycles. The van der Waals surface area contributed by atoms with Gasteiger partial charge in [0.25, 0.3) is 0 Å². The highest BCUT2D eigenvalue weighted by molar-refractivity contribution is 5.78. The average molecular weight is 915 g/mol. The Hall–Kier alpha value is -5.99. The lowest BCUT2D eigenvalue weighted by molar-refractivity contribution is -0.182. The smallest absolute Gasteiger partial charge is 0.247 e. The topological polar surface area (TPSA) is 102 Å². The molecule has 0 bridgehead atoms. The van der Waals surface area contributed by atoms with Crippen molar-refractivity contribution in [3.05, 3.63) is 186 Å². The molecule has 2 aromatic heterocycles. The van der Waals surface area contributed by atoms with Gasteiger partial charge >= 0.3 is 0 Å². The van der Waals surface area contributed by atoms with Gasteiger partial charge in [0.2, 0.25) is 11.8 Å². The van der Waals surface area contributed by atoms with E-state index in [1.54, 1.807) is 6.33 Å². The first-order valence-corrected chi connectivity index (χ1v) is 24.5. The van der Waals surface area contributed by atoms with Crippen molar-refractivity contribution in [3.8, 4) is 5.88 Å². The zero-order chi connectivity index (χ0) is 46.0. The van der Waals surface area contributed by atoms with Gasteiger partial charge in [0.15, 0.2) is 11.2 Å². The maximum absolute atomic E-state index is 6.40. The Bertz CT molecular complexity index is 2500. The van der Waals surface area contributed by atoms with Gasteiger partial charge in [-0.25, -0.2) is 4.98 Å². The Labute approximate surface area is 401 Å². The molecule has 7 aromatic rings. The fourth-order valence-corrected chi connectivity index (χ4v) is 9.22. The molecule has 0 saturated carbocycles. The van der Waals surface area contributed by atoms with Crippen molar-refractivity contribution in [2.75, 3.05) is 64.5 Å². The maximum Gasteiger partial charge on any atom is 0.247 e. The zero-order valence-electron chi connectivity index (χ0n) is 39.2. The largest absolute Gasteiger partial charge is 0.471 e. The molecule has 3 atom stereocenters. The first-order chi connectivity index (χ1) is 33.7. The number of nitrogens with zero attached hydrogens (tertiary/aromatic N) is 7. The first-order valence-electron chi connectivity index (χ1n) is 24.5. The molecule has 9 rings (SSSR count). The number of ether oxygens (including phenoxy) is 4. The van der Waals surface area contributed by atoms with Gasteiger partial charge in [-0.15, -0.1) is 0 Å². The van der Waals surface area contributed by atoms with Crippen LogP contribution in [0, 0.1) is 0 Å². The van der Waals surface area contributed by atoms with Gasteiger partial charge in [-0.2, -0.15) is 9.97 Å². The van der Waals surface area contributed by atoms with Crippen LogP contribution in [-0.2, 0) is 46.9 Å². The van der Waals surface area contributed by atoms with Crippen LogP contribution in [0.2, 0.25) is 0 Å². The van der Waals surface area contributed by atoms with Crippen LogP contribution in [0.1, 0.15) is 59.7 Å². The normalized spacial score (nSPS) is 17.0. The minimum absolute atomic E-state index is 0.0293. The van der Waals surface area contributed by atoms with Crippen molar-refractivity contribution in [1.29, 1.82) is 0 Å². The van der Waals surface area contributed by atoms with E-state index < -0.39 is 0 Å². The minimum atomic E-state index is -0.286. The second-order valence-electron chi connectivity index (χ2n) is 18.0. The van der Waals surface area contributed by atoms with E-state index in [4.69, 9.17) is 33.9 Å². The van der Waals surface area contributed by atoms with E-state index in [9.17, 15) is 0 Å². The number of benzene rings is 5. The zero-order valence-corrected chi connectivity index (χ0v) is 39.2. The molecule has 12 heteroatoms.